The summed E-state index contributed by atoms with van der Waals surface area (Å²) in [7, 11) is 0. The van der Waals surface area contributed by atoms with Gasteiger partial charge in [-0.2, -0.15) is 11.8 Å². The van der Waals surface area contributed by atoms with Crippen molar-refractivity contribution < 1.29 is 0 Å². The van der Waals surface area contributed by atoms with Crippen molar-refractivity contribution in [2.75, 3.05) is 31.1 Å². The van der Waals surface area contributed by atoms with Gasteiger partial charge in [0.1, 0.15) is 0 Å². The zero-order valence-electron chi connectivity index (χ0n) is 11.9. The molecule has 1 fully saturated rings. The van der Waals surface area contributed by atoms with Gasteiger partial charge < -0.3 is 4.90 Å². The van der Waals surface area contributed by atoms with Crippen LogP contribution in [0.1, 0.15) is 31.9 Å². The van der Waals surface area contributed by atoms with E-state index >= 15 is 0 Å². The molecule has 0 aliphatic carbocycles. The molecule has 18 heavy (non-hydrogen) atoms. The highest BCUT2D eigenvalue weighted by atomic mass is 32.2. The predicted molar refractivity (Wildman–Crippen MR) is 82.6 cm³/mol. The third kappa shape index (κ3) is 3.76. The Hall–Kier alpha value is -0.470. The molecule has 0 saturated carbocycles. The fourth-order valence-electron chi connectivity index (χ4n) is 2.57. The van der Waals surface area contributed by atoms with E-state index in [-0.39, 0.29) is 5.41 Å². The Morgan fingerprint density at radius 3 is 2.44 bits per heavy atom. The van der Waals surface area contributed by atoms with Crippen LogP contribution >= 0.6 is 11.8 Å². The van der Waals surface area contributed by atoms with E-state index in [9.17, 15) is 0 Å². The Kier molecular flexibility index (Phi) is 4.74. The van der Waals surface area contributed by atoms with Crippen LogP contribution in [-0.2, 0) is 11.8 Å². The van der Waals surface area contributed by atoms with E-state index in [2.05, 4.69) is 61.7 Å². The second-order valence-electron chi connectivity index (χ2n) is 6.11. The van der Waals surface area contributed by atoms with E-state index in [1.807, 2.05) is 0 Å². The molecule has 0 aromatic heterocycles. The van der Waals surface area contributed by atoms with E-state index in [0.29, 0.717) is 0 Å². The first-order valence-corrected chi connectivity index (χ1v) is 8.11. The van der Waals surface area contributed by atoms with Gasteiger partial charge in [-0.25, -0.2) is 0 Å². The summed E-state index contributed by atoms with van der Waals surface area (Å²) < 4.78 is 0. The van der Waals surface area contributed by atoms with Gasteiger partial charge in [-0.15, -0.1) is 0 Å². The average Bonchev–Trinajstić information content (AvgIpc) is 2.37. The lowest BCUT2D eigenvalue weighted by molar-refractivity contribution is 0.306. The molecule has 2 heteroatoms. The van der Waals surface area contributed by atoms with Crippen LogP contribution in [0.2, 0.25) is 0 Å². The van der Waals surface area contributed by atoms with Gasteiger partial charge in [0.05, 0.1) is 0 Å². The molecule has 0 N–H and O–H groups in total. The molecular formula is C16H25NS. The zero-order chi connectivity index (χ0) is 13.0. The van der Waals surface area contributed by atoms with Crippen molar-refractivity contribution in [3.05, 3.63) is 35.4 Å². The van der Waals surface area contributed by atoms with Crippen LogP contribution in [0.4, 0.5) is 0 Å². The van der Waals surface area contributed by atoms with Crippen molar-refractivity contribution in [1.29, 1.82) is 0 Å². The first-order chi connectivity index (χ1) is 8.57. The maximum absolute atomic E-state index is 2.61. The van der Waals surface area contributed by atoms with Gasteiger partial charge in [0, 0.05) is 31.1 Å². The van der Waals surface area contributed by atoms with Crippen molar-refractivity contribution in [1.82, 2.24) is 4.90 Å². The highest BCUT2D eigenvalue weighted by molar-refractivity contribution is 7.99. The molecule has 0 bridgehead atoms. The molecule has 0 atom stereocenters. The van der Waals surface area contributed by atoms with E-state index in [4.69, 9.17) is 0 Å². The Labute approximate surface area is 116 Å². The molecule has 1 nitrogen and oxygen atoms in total. The Morgan fingerprint density at radius 1 is 1.11 bits per heavy atom. The summed E-state index contributed by atoms with van der Waals surface area (Å²) in [6.07, 6.45) is 1.19. The van der Waals surface area contributed by atoms with Crippen molar-refractivity contribution in [2.45, 2.75) is 32.6 Å². The van der Waals surface area contributed by atoms with Gasteiger partial charge in [0.2, 0.25) is 0 Å². The van der Waals surface area contributed by atoms with Gasteiger partial charge in [0.25, 0.3) is 0 Å². The summed E-state index contributed by atoms with van der Waals surface area (Å²) in [5.41, 5.74) is 3.30. The van der Waals surface area contributed by atoms with Gasteiger partial charge in [-0.1, -0.05) is 45.0 Å². The van der Waals surface area contributed by atoms with Crippen LogP contribution in [0, 0.1) is 0 Å². The van der Waals surface area contributed by atoms with Gasteiger partial charge in [-0.05, 0) is 23.0 Å². The fourth-order valence-corrected chi connectivity index (χ4v) is 3.55. The van der Waals surface area contributed by atoms with Gasteiger partial charge in [-0.3, -0.25) is 0 Å². The lowest BCUT2D eigenvalue weighted by Gasteiger charge is -2.28. The second-order valence-corrected chi connectivity index (χ2v) is 7.34. The SMILES string of the molecule is CC(C)(C)c1ccccc1CCN1CCSCC1. The largest absolute Gasteiger partial charge is 0.301 e. The molecule has 1 aliphatic rings. The van der Waals surface area contributed by atoms with E-state index in [0.717, 1.165) is 0 Å². The van der Waals surface area contributed by atoms with Crippen molar-refractivity contribution >= 4 is 11.8 Å². The molecule has 0 unspecified atom stereocenters. The van der Waals surface area contributed by atoms with Crippen molar-refractivity contribution in [2.24, 2.45) is 0 Å². The topological polar surface area (TPSA) is 3.24 Å². The summed E-state index contributed by atoms with van der Waals surface area (Å²) in [6, 6.07) is 8.94. The Bertz CT molecular complexity index is 375. The number of nitrogens with zero attached hydrogens (tertiary/aromatic N) is 1. The minimum atomic E-state index is 0.258. The quantitative estimate of drug-likeness (QED) is 0.820. The van der Waals surface area contributed by atoms with E-state index < -0.39 is 0 Å². The van der Waals surface area contributed by atoms with Crippen LogP contribution in [0.15, 0.2) is 24.3 Å². The standard InChI is InChI=1S/C16H25NS/c1-16(2,3)15-7-5-4-6-14(15)8-9-17-10-12-18-13-11-17/h4-7H,8-13H2,1-3H3. The lowest BCUT2D eigenvalue weighted by Crippen LogP contribution is -2.34. The number of thioether (sulfide) groups is 1. The Balaban J connectivity index is 2.00. The normalized spacial score (nSPS) is 17.9. The fraction of sp³-hybridized carbons (Fsp3) is 0.625. The van der Waals surface area contributed by atoms with Crippen LogP contribution in [0.5, 0.6) is 0 Å². The maximum Gasteiger partial charge on any atom is 0.00728 e. The smallest absolute Gasteiger partial charge is 0.00728 e. The van der Waals surface area contributed by atoms with E-state index in [1.54, 1.807) is 0 Å². The molecule has 2 rings (SSSR count). The van der Waals surface area contributed by atoms with Crippen LogP contribution in [0.25, 0.3) is 0 Å². The highest BCUT2D eigenvalue weighted by Gasteiger charge is 2.18. The van der Waals surface area contributed by atoms with Crippen molar-refractivity contribution in [3.8, 4) is 0 Å². The summed E-state index contributed by atoms with van der Waals surface area (Å²) in [5, 5.41) is 0. The van der Waals surface area contributed by atoms with Gasteiger partial charge >= 0.3 is 0 Å². The first-order valence-electron chi connectivity index (χ1n) is 6.96. The van der Waals surface area contributed by atoms with Gasteiger partial charge in [0.15, 0.2) is 0 Å². The first kappa shape index (κ1) is 14.0. The third-order valence-electron chi connectivity index (χ3n) is 3.63. The highest BCUT2D eigenvalue weighted by Crippen LogP contribution is 2.26. The minimum Gasteiger partial charge on any atom is -0.301 e. The number of hydrogen-bond acceptors (Lipinski definition) is 2. The maximum atomic E-state index is 2.61. The van der Waals surface area contributed by atoms with Crippen LogP contribution < -0.4 is 0 Å². The zero-order valence-corrected chi connectivity index (χ0v) is 12.7. The molecule has 1 aromatic carbocycles. The number of hydrogen-bond donors (Lipinski definition) is 0. The average molecular weight is 263 g/mol. The summed E-state index contributed by atoms with van der Waals surface area (Å²) in [4.78, 5) is 2.61. The minimum absolute atomic E-state index is 0.258. The Morgan fingerprint density at radius 2 is 1.78 bits per heavy atom. The molecule has 1 heterocycles. The lowest BCUT2D eigenvalue weighted by atomic mass is 9.83. The van der Waals surface area contributed by atoms with E-state index in [1.165, 1.54) is 48.7 Å². The summed E-state index contributed by atoms with van der Waals surface area (Å²) in [5.74, 6) is 2.61. The number of benzene rings is 1. The van der Waals surface area contributed by atoms with Crippen LogP contribution in [0.3, 0.4) is 0 Å². The number of rotatable bonds is 3. The molecule has 1 aromatic rings. The second kappa shape index (κ2) is 6.12. The monoisotopic (exact) mass is 263 g/mol. The molecule has 0 spiro atoms. The third-order valence-corrected chi connectivity index (χ3v) is 4.57. The predicted octanol–water partition coefficient (Wildman–Crippen LogP) is 3.58. The molecular weight excluding hydrogens is 238 g/mol. The van der Waals surface area contributed by atoms with Crippen molar-refractivity contribution in [3.63, 3.8) is 0 Å². The summed E-state index contributed by atoms with van der Waals surface area (Å²) >= 11 is 2.09. The molecule has 100 valence electrons. The molecule has 0 amide bonds. The van der Waals surface area contributed by atoms with Crippen LogP contribution in [-0.4, -0.2) is 36.0 Å². The molecule has 0 radical (unpaired) electrons. The summed E-state index contributed by atoms with van der Waals surface area (Å²) in [6.45, 7) is 10.7. The molecule has 1 saturated heterocycles. The molecule has 1 aliphatic heterocycles.